The summed E-state index contributed by atoms with van der Waals surface area (Å²) in [7, 11) is 0. The van der Waals surface area contributed by atoms with Gasteiger partial charge in [0.2, 0.25) is 5.91 Å². The lowest BCUT2D eigenvalue weighted by molar-refractivity contribution is -0.145. The molecule has 4 nitrogen and oxygen atoms in total. The van der Waals surface area contributed by atoms with Gasteiger partial charge < -0.3 is 5.32 Å². The molecule has 1 amide bonds. The Morgan fingerprint density at radius 1 is 1.07 bits per heavy atom. The van der Waals surface area contributed by atoms with Gasteiger partial charge in [-0.05, 0) is 37.2 Å². The number of rotatable bonds is 4. The second-order valence-corrected chi connectivity index (χ2v) is 8.73. The molecule has 2 heterocycles. The number of hydrogen-bond donors (Lipinski definition) is 1. The van der Waals surface area contributed by atoms with Crippen molar-refractivity contribution in [3.05, 3.63) is 35.9 Å². The highest BCUT2D eigenvalue weighted by molar-refractivity contribution is 5.88. The van der Waals surface area contributed by atoms with E-state index in [4.69, 9.17) is 0 Å². The van der Waals surface area contributed by atoms with Crippen molar-refractivity contribution in [2.75, 3.05) is 26.3 Å². The molecule has 0 radical (unpaired) electrons. The second kappa shape index (κ2) is 8.26. The smallest absolute Gasteiger partial charge is 0.342 e. The number of halogens is 3. The van der Waals surface area contributed by atoms with E-state index < -0.39 is 18.1 Å². The van der Waals surface area contributed by atoms with Crippen molar-refractivity contribution in [2.45, 2.75) is 68.6 Å². The average Bonchev–Trinajstić information content (AvgIpc) is 3.02. The zero-order valence-corrected chi connectivity index (χ0v) is 16.8. The van der Waals surface area contributed by atoms with Gasteiger partial charge in [0.25, 0.3) is 0 Å². The molecule has 160 valence electrons. The highest BCUT2D eigenvalue weighted by atomic mass is 19.4. The van der Waals surface area contributed by atoms with Gasteiger partial charge in [0.05, 0.1) is 13.1 Å². The highest BCUT2D eigenvalue weighted by Crippen LogP contribution is 2.40. The molecule has 2 saturated heterocycles. The summed E-state index contributed by atoms with van der Waals surface area (Å²) in [6.45, 7) is 1.65. The first-order chi connectivity index (χ1) is 13.9. The van der Waals surface area contributed by atoms with E-state index in [1.807, 2.05) is 6.07 Å². The maximum Gasteiger partial charge on any atom is 0.390 e. The van der Waals surface area contributed by atoms with E-state index in [0.717, 1.165) is 19.5 Å². The number of carbonyl (C=O) groups excluding carboxylic acids is 1. The second-order valence-electron chi connectivity index (χ2n) is 8.73. The molecule has 0 bridgehead atoms. The zero-order chi connectivity index (χ0) is 20.5. The third-order valence-corrected chi connectivity index (χ3v) is 7.18. The Bertz CT molecular complexity index is 701. The van der Waals surface area contributed by atoms with Gasteiger partial charge in [-0.25, -0.2) is 0 Å². The molecule has 2 atom stereocenters. The summed E-state index contributed by atoms with van der Waals surface area (Å²) in [5.41, 5.74) is 0.612. The molecular formula is C22H30F3N3O. The molecule has 0 unspecified atom stereocenters. The van der Waals surface area contributed by atoms with E-state index >= 15 is 0 Å². The largest absolute Gasteiger partial charge is 0.390 e. The van der Waals surface area contributed by atoms with Crippen molar-refractivity contribution < 1.29 is 18.0 Å². The van der Waals surface area contributed by atoms with Crippen LogP contribution in [0.15, 0.2) is 30.3 Å². The molecule has 1 N–H and O–H groups in total. The van der Waals surface area contributed by atoms with Crippen LogP contribution in [0.4, 0.5) is 13.2 Å². The third kappa shape index (κ3) is 4.31. The van der Waals surface area contributed by atoms with Crippen LogP contribution in [0, 0.1) is 0 Å². The summed E-state index contributed by atoms with van der Waals surface area (Å²) in [6, 6.07) is 11.1. The summed E-state index contributed by atoms with van der Waals surface area (Å²) in [6.07, 6.45) is 0.925. The standard InChI is InChI=1S/C22H30F3N3O/c23-22(24,25)12-15-28-16-26-20(29)21(28)10-13-27(14-11-21)19-9-5-4-8-18(19)17-6-2-1-3-7-17/h1-3,6-7,18-19H,4-5,8-16H2,(H,26,29)/t18-,19-/m0/s1. The SMILES string of the molecule is O=C1NCN(CCC(F)(F)F)C12CCN([C@H]1CCCC[C@H]1c1ccccc1)CC2. The molecule has 1 aromatic rings. The van der Waals surface area contributed by atoms with Crippen molar-refractivity contribution >= 4 is 5.91 Å². The Morgan fingerprint density at radius 3 is 2.45 bits per heavy atom. The van der Waals surface area contributed by atoms with Gasteiger partial charge in [-0.15, -0.1) is 0 Å². The first-order valence-electron chi connectivity index (χ1n) is 10.8. The molecule has 0 aromatic heterocycles. The van der Waals surface area contributed by atoms with Crippen LogP contribution in [0.1, 0.15) is 56.4 Å². The number of carbonyl (C=O) groups is 1. The lowest BCUT2D eigenvalue weighted by atomic mass is 9.77. The minimum Gasteiger partial charge on any atom is -0.342 e. The molecule has 7 heteroatoms. The first kappa shape index (κ1) is 20.7. The molecule has 1 aromatic carbocycles. The predicted molar refractivity (Wildman–Crippen MR) is 105 cm³/mol. The number of nitrogens with one attached hydrogen (secondary N) is 1. The fourth-order valence-corrected chi connectivity index (χ4v) is 5.59. The third-order valence-electron chi connectivity index (χ3n) is 7.18. The summed E-state index contributed by atoms with van der Waals surface area (Å²) < 4.78 is 38.2. The van der Waals surface area contributed by atoms with Crippen LogP contribution >= 0.6 is 0 Å². The van der Waals surface area contributed by atoms with Gasteiger partial charge >= 0.3 is 6.18 Å². The number of piperidine rings is 1. The van der Waals surface area contributed by atoms with Crippen molar-refractivity contribution in [1.82, 2.24) is 15.1 Å². The number of likely N-dealkylation sites (tertiary alicyclic amines) is 1. The van der Waals surface area contributed by atoms with Crippen LogP contribution in [0.5, 0.6) is 0 Å². The quantitative estimate of drug-likeness (QED) is 0.820. The lowest BCUT2D eigenvalue weighted by Gasteiger charge is -2.47. The van der Waals surface area contributed by atoms with E-state index in [2.05, 4.69) is 34.5 Å². The van der Waals surface area contributed by atoms with Crippen LogP contribution < -0.4 is 5.32 Å². The summed E-state index contributed by atoms with van der Waals surface area (Å²) >= 11 is 0. The Kier molecular flexibility index (Phi) is 5.89. The molecular weight excluding hydrogens is 379 g/mol. The zero-order valence-electron chi connectivity index (χ0n) is 16.8. The number of alkyl halides is 3. The Balaban J connectivity index is 1.44. The molecule has 1 saturated carbocycles. The van der Waals surface area contributed by atoms with E-state index in [1.165, 1.54) is 24.8 Å². The number of amides is 1. The minimum atomic E-state index is -4.20. The van der Waals surface area contributed by atoms with E-state index in [1.54, 1.807) is 4.90 Å². The molecule has 3 aliphatic rings. The van der Waals surface area contributed by atoms with Gasteiger partial charge in [-0.3, -0.25) is 14.6 Å². The van der Waals surface area contributed by atoms with Gasteiger partial charge in [-0.1, -0.05) is 43.2 Å². The van der Waals surface area contributed by atoms with Gasteiger partial charge in [0.15, 0.2) is 0 Å². The van der Waals surface area contributed by atoms with Crippen LogP contribution in [0.2, 0.25) is 0 Å². The van der Waals surface area contributed by atoms with Gasteiger partial charge in [0.1, 0.15) is 5.54 Å². The Hall–Kier alpha value is -1.60. The normalized spacial score (nSPS) is 28.6. The monoisotopic (exact) mass is 409 g/mol. The predicted octanol–water partition coefficient (Wildman–Crippen LogP) is 3.89. The average molecular weight is 409 g/mol. The number of hydrogen-bond acceptors (Lipinski definition) is 3. The van der Waals surface area contributed by atoms with E-state index in [9.17, 15) is 18.0 Å². The summed E-state index contributed by atoms with van der Waals surface area (Å²) in [5.74, 6) is 0.403. The highest BCUT2D eigenvalue weighted by Gasteiger charge is 2.51. The van der Waals surface area contributed by atoms with Crippen LogP contribution in [0.3, 0.4) is 0 Å². The van der Waals surface area contributed by atoms with Crippen molar-refractivity contribution in [3.63, 3.8) is 0 Å². The van der Waals surface area contributed by atoms with Crippen LogP contribution in [-0.4, -0.2) is 59.8 Å². The fourth-order valence-electron chi connectivity index (χ4n) is 5.59. The summed E-state index contributed by atoms with van der Waals surface area (Å²) in [5, 5.41) is 2.80. The van der Waals surface area contributed by atoms with Crippen molar-refractivity contribution in [3.8, 4) is 0 Å². The molecule has 1 aliphatic carbocycles. The number of benzene rings is 1. The van der Waals surface area contributed by atoms with Crippen molar-refractivity contribution in [1.29, 1.82) is 0 Å². The molecule has 4 rings (SSSR count). The van der Waals surface area contributed by atoms with Gasteiger partial charge in [-0.2, -0.15) is 13.2 Å². The molecule has 2 aliphatic heterocycles. The maximum absolute atomic E-state index is 12.7. The fraction of sp³-hybridized carbons (Fsp3) is 0.682. The first-order valence-corrected chi connectivity index (χ1v) is 10.8. The minimum absolute atomic E-state index is 0.0948. The molecule has 29 heavy (non-hydrogen) atoms. The van der Waals surface area contributed by atoms with E-state index in [0.29, 0.717) is 24.8 Å². The molecule has 1 spiro atoms. The van der Waals surface area contributed by atoms with E-state index in [-0.39, 0.29) is 19.1 Å². The number of nitrogens with zero attached hydrogens (tertiary/aromatic N) is 2. The molecule has 3 fully saturated rings. The lowest BCUT2D eigenvalue weighted by Crippen LogP contribution is -2.58. The summed E-state index contributed by atoms with van der Waals surface area (Å²) in [4.78, 5) is 16.8. The maximum atomic E-state index is 12.7. The Labute approximate surface area is 170 Å². The Morgan fingerprint density at radius 2 is 1.76 bits per heavy atom. The topological polar surface area (TPSA) is 35.6 Å². The van der Waals surface area contributed by atoms with Crippen LogP contribution in [-0.2, 0) is 4.79 Å². The van der Waals surface area contributed by atoms with Gasteiger partial charge in [0, 0.05) is 25.7 Å². The van der Waals surface area contributed by atoms with Crippen molar-refractivity contribution in [2.24, 2.45) is 0 Å². The van der Waals surface area contributed by atoms with Crippen LogP contribution in [0.25, 0.3) is 0 Å².